The number of ether oxygens (including phenoxy) is 1. The monoisotopic (exact) mass is 538 g/mol. The number of benzene rings is 1. The topological polar surface area (TPSA) is 27.7 Å². The fraction of sp³-hybridized carbons (Fsp3) is 0.688. The van der Waals surface area contributed by atoms with E-state index in [1.807, 2.05) is 0 Å². The van der Waals surface area contributed by atoms with Crippen molar-refractivity contribution in [3.05, 3.63) is 53.6 Å². The van der Waals surface area contributed by atoms with Gasteiger partial charge in [-0.25, -0.2) is 0 Å². The van der Waals surface area contributed by atoms with Gasteiger partial charge in [-0.15, -0.1) is 0 Å². The second-order valence-electron chi connectivity index (χ2n) is 15.0. The van der Waals surface area contributed by atoms with E-state index < -0.39 is 16.6 Å². The predicted octanol–water partition coefficient (Wildman–Crippen LogP) is 8.61. The zero-order valence-corrected chi connectivity index (χ0v) is 26.8. The molecule has 2 bridgehead atoms. The third kappa shape index (κ3) is 4.71. The molecule has 6 atom stereocenters. The fourth-order valence-corrected chi connectivity index (χ4v) is 10.2. The number of rotatable bonds is 6. The zero-order valence-electron chi connectivity index (χ0n) is 24.8. The smallest absolute Gasteiger partial charge is 0.192 e. The van der Waals surface area contributed by atoms with E-state index in [4.69, 9.17) is 13.6 Å². The molecule has 3 fully saturated rings. The molecule has 1 aromatic rings. The lowest BCUT2D eigenvalue weighted by atomic mass is 9.66. The van der Waals surface area contributed by atoms with Gasteiger partial charge in [-0.1, -0.05) is 76.3 Å². The standard InChI is InChI=1S/C32H50O3Si2/c1-24-19-28-31-18-14-13-17-26(31)21-30(34-31,23-33-37(8,9)29(2,3)4)22-32(28,35-36(5,6)7)27(24)20-25-15-11-10-12-16-25/h10-13,15-17,20,24,26,28H,14,18-19,21-23H2,1-9H3/t24-,26-,28+,30+,31-,32+/m0/s1. The molecular weight excluding hydrogens is 489 g/mol. The fourth-order valence-electron chi connectivity index (χ4n) is 7.70. The highest BCUT2D eigenvalue weighted by Crippen LogP contribution is 2.69. The van der Waals surface area contributed by atoms with Gasteiger partial charge in [0.2, 0.25) is 0 Å². The Bertz CT molecular complexity index is 1070. The lowest BCUT2D eigenvalue weighted by Gasteiger charge is -2.57. The summed E-state index contributed by atoms with van der Waals surface area (Å²) < 4.78 is 21.9. The van der Waals surface area contributed by atoms with Crippen LogP contribution < -0.4 is 0 Å². The maximum atomic E-state index is 7.52. The van der Waals surface area contributed by atoms with E-state index in [0.717, 1.165) is 32.1 Å². The Hall–Kier alpha value is -0.986. The van der Waals surface area contributed by atoms with Crippen molar-refractivity contribution in [3.63, 3.8) is 0 Å². The molecule has 0 unspecified atom stereocenters. The first-order valence-corrected chi connectivity index (χ1v) is 20.9. The zero-order chi connectivity index (χ0) is 26.9. The van der Waals surface area contributed by atoms with Gasteiger partial charge in [0, 0.05) is 18.3 Å². The van der Waals surface area contributed by atoms with Crippen LogP contribution >= 0.6 is 0 Å². The van der Waals surface area contributed by atoms with Crippen LogP contribution in [0.2, 0.25) is 37.8 Å². The molecule has 2 aliphatic heterocycles. The van der Waals surface area contributed by atoms with Gasteiger partial charge < -0.3 is 13.6 Å². The molecule has 1 saturated carbocycles. The summed E-state index contributed by atoms with van der Waals surface area (Å²) in [6.07, 6.45) is 12.7. The number of hydrogen-bond acceptors (Lipinski definition) is 3. The van der Waals surface area contributed by atoms with Crippen molar-refractivity contribution in [2.45, 2.75) is 114 Å². The molecular formula is C32H50O3Si2. The average molecular weight is 539 g/mol. The van der Waals surface area contributed by atoms with Crippen LogP contribution in [0.3, 0.4) is 0 Å². The van der Waals surface area contributed by atoms with Crippen LogP contribution in [0, 0.1) is 17.8 Å². The molecule has 1 aromatic carbocycles. The maximum absolute atomic E-state index is 7.52. The van der Waals surface area contributed by atoms with Crippen LogP contribution in [0.5, 0.6) is 0 Å². The Balaban J connectivity index is 1.64. The van der Waals surface area contributed by atoms with Crippen LogP contribution in [0.25, 0.3) is 6.08 Å². The van der Waals surface area contributed by atoms with Crippen LogP contribution in [0.4, 0.5) is 0 Å². The Morgan fingerprint density at radius 2 is 1.78 bits per heavy atom. The van der Waals surface area contributed by atoms with Crippen molar-refractivity contribution in [1.82, 2.24) is 0 Å². The lowest BCUT2D eigenvalue weighted by molar-refractivity contribution is -0.237. The maximum Gasteiger partial charge on any atom is 0.192 e. The van der Waals surface area contributed by atoms with Gasteiger partial charge >= 0.3 is 0 Å². The first-order chi connectivity index (χ1) is 17.1. The highest BCUT2D eigenvalue weighted by atomic mass is 28.4. The lowest BCUT2D eigenvalue weighted by Crippen LogP contribution is -2.64. The summed E-state index contributed by atoms with van der Waals surface area (Å²) >= 11 is 0. The summed E-state index contributed by atoms with van der Waals surface area (Å²) in [5.41, 5.74) is 2.05. The van der Waals surface area contributed by atoms with Crippen LogP contribution in [-0.2, 0) is 13.6 Å². The molecule has 2 aliphatic carbocycles. The number of hydrogen-bond donors (Lipinski definition) is 0. The van der Waals surface area contributed by atoms with E-state index in [2.05, 4.69) is 109 Å². The molecule has 37 heavy (non-hydrogen) atoms. The van der Waals surface area contributed by atoms with Crippen molar-refractivity contribution in [3.8, 4) is 0 Å². The predicted molar refractivity (Wildman–Crippen MR) is 160 cm³/mol. The summed E-state index contributed by atoms with van der Waals surface area (Å²) in [6.45, 7) is 22.0. The van der Waals surface area contributed by atoms with Gasteiger partial charge in [0.05, 0.1) is 23.4 Å². The molecule has 0 aromatic heterocycles. The van der Waals surface area contributed by atoms with Gasteiger partial charge in [-0.05, 0) is 80.5 Å². The van der Waals surface area contributed by atoms with Gasteiger partial charge in [0.15, 0.2) is 16.6 Å². The summed E-state index contributed by atoms with van der Waals surface area (Å²) in [5.74, 6) is 1.31. The largest absolute Gasteiger partial charge is 0.414 e. The summed E-state index contributed by atoms with van der Waals surface area (Å²) in [6, 6.07) is 10.9. The number of fused-ring (bicyclic) bond motifs is 2. The molecule has 204 valence electrons. The van der Waals surface area contributed by atoms with E-state index in [1.54, 1.807) is 0 Å². The summed E-state index contributed by atoms with van der Waals surface area (Å²) in [5, 5.41) is 0.177. The van der Waals surface area contributed by atoms with E-state index >= 15 is 0 Å². The van der Waals surface area contributed by atoms with Gasteiger partial charge in [-0.3, -0.25) is 0 Å². The highest BCUT2D eigenvalue weighted by molar-refractivity contribution is 6.74. The SMILES string of the molecule is C[C@H]1C[C@@H]2[C@]34CCC=C[C@H]3C[C@](CO[Si](C)(C)C(C)(C)C)(C[C@@]2(O[Si](C)(C)C)C1=Cc1ccccc1)O4. The molecule has 3 nitrogen and oxygen atoms in total. The normalized spacial score (nSPS) is 38.6. The van der Waals surface area contributed by atoms with Crippen LogP contribution in [-0.4, -0.2) is 40.0 Å². The second-order valence-corrected chi connectivity index (χ2v) is 24.3. The van der Waals surface area contributed by atoms with Crippen LogP contribution in [0.15, 0.2) is 48.1 Å². The Kier molecular flexibility index (Phi) is 6.72. The Labute approximate surface area is 228 Å². The van der Waals surface area contributed by atoms with Gasteiger partial charge in [-0.2, -0.15) is 0 Å². The van der Waals surface area contributed by atoms with Crippen molar-refractivity contribution in [1.29, 1.82) is 0 Å². The van der Waals surface area contributed by atoms with Crippen LogP contribution in [0.1, 0.15) is 65.4 Å². The van der Waals surface area contributed by atoms with E-state index in [-0.39, 0.29) is 21.8 Å². The Morgan fingerprint density at radius 1 is 1.08 bits per heavy atom. The van der Waals surface area contributed by atoms with Gasteiger partial charge in [0.1, 0.15) is 0 Å². The minimum atomic E-state index is -1.93. The molecule has 5 rings (SSSR count). The summed E-state index contributed by atoms with van der Waals surface area (Å²) in [4.78, 5) is 0. The minimum absolute atomic E-state index is 0.149. The average Bonchev–Trinajstić information content (AvgIpc) is 3.22. The molecule has 1 spiro atoms. The Morgan fingerprint density at radius 3 is 2.43 bits per heavy atom. The molecule has 0 radical (unpaired) electrons. The van der Waals surface area contributed by atoms with Crippen molar-refractivity contribution < 1.29 is 13.6 Å². The molecule has 0 N–H and O–H groups in total. The first kappa shape index (κ1) is 27.6. The van der Waals surface area contributed by atoms with Gasteiger partial charge in [0.25, 0.3) is 0 Å². The molecule has 4 aliphatic rings. The van der Waals surface area contributed by atoms with E-state index in [1.165, 1.54) is 11.1 Å². The highest BCUT2D eigenvalue weighted by Gasteiger charge is 2.73. The van der Waals surface area contributed by atoms with Crippen molar-refractivity contribution >= 4 is 22.7 Å². The van der Waals surface area contributed by atoms with E-state index in [9.17, 15) is 0 Å². The number of allylic oxidation sites excluding steroid dienone is 1. The molecule has 5 heteroatoms. The van der Waals surface area contributed by atoms with Crippen molar-refractivity contribution in [2.75, 3.05) is 6.61 Å². The third-order valence-electron chi connectivity index (χ3n) is 10.2. The minimum Gasteiger partial charge on any atom is -0.414 e. The second kappa shape index (κ2) is 9.02. The molecule has 2 saturated heterocycles. The quantitative estimate of drug-likeness (QED) is 0.268. The third-order valence-corrected chi connectivity index (χ3v) is 15.6. The van der Waals surface area contributed by atoms with Crippen molar-refractivity contribution in [2.24, 2.45) is 17.8 Å². The summed E-state index contributed by atoms with van der Waals surface area (Å²) in [7, 11) is -3.81. The molecule has 0 amide bonds. The molecule has 2 heterocycles. The van der Waals surface area contributed by atoms with E-state index in [0.29, 0.717) is 24.4 Å². The first-order valence-electron chi connectivity index (χ1n) is 14.6.